The normalized spacial score (nSPS) is 19.9. The fourth-order valence-corrected chi connectivity index (χ4v) is 3.92. The maximum absolute atomic E-state index is 11.2. The molecule has 1 fully saturated rings. The van der Waals surface area contributed by atoms with Gasteiger partial charge in [-0.2, -0.15) is 0 Å². The number of hydrogen-bond acceptors (Lipinski definition) is 7. The third kappa shape index (κ3) is 6.09. The first-order valence-electron chi connectivity index (χ1n) is 10.4. The van der Waals surface area contributed by atoms with E-state index in [-0.39, 0.29) is 18.8 Å². The van der Waals surface area contributed by atoms with Crippen molar-refractivity contribution in [2.45, 2.75) is 50.7 Å². The largest absolute Gasteiger partial charge is 0.395 e. The Balaban J connectivity index is 1.35. The lowest BCUT2D eigenvalue weighted by molar-refractivity contribution is 0.0163. The van der Waals surface area contributed by atoms with Gasteiger partial charge in [-0.05, 0) is 49.5 Å². The van der Waals surface area contributed by atoms with Crippen molar-refractivity contribution in [3.63, 3.8) is 0 Å². The van der Waals surface area contributed by atoms with Gasteiger partial charge >= 0.3 is 0 Å². The molecule has 1 aromatic carbocycles. The minimum Gasteiger partial charge on any atom is -0.395 e. The molecule has 0 aliphatic carbocycles. The van der Waals surface area contributed by atoms with Crippen molar-refractivity contribution in [2.75, 3.05) is 31.6 Å². The van der Waals surface area contributed by atoms with Crippen LogP contribution < -0.4 is 5.32 Å². The summed E-state index contributed by atoms with van der Waals surface area (Å²) in [7, 11) is 0. The van der Waals surface area contributed by atoms with E-state index in [0.29, 0.717) is 12.1 Å². The average Bonchev–Trinajstić information content (AvgIpc) is 3.28. The number of aliphatic hydroxyl groups excluding tert-OH is 2. The summed E-state index contributed by atoms with van der Waals surface area (Å²) < 4.78 is 0. The maximum Gasteiger partial charge on any atom is 0.131 e. The van der Waals surface area contributed by atoms with Gasteiger partial charge < -0.3 is 20.5 Å². The number of hydrogen-bond donors (Lipinski definition) is 4. The Morgan fingerprint density at radius 3 is 2.90 bits per heavy atom. The summed E-state index contributed by atoms with van der Waals surface area (Å²) in [6.07, 6.45) is 8.85. The summed E-state index contributed by atoms with van der Waals surface area (Å²) in [4.78, 5) is 20.5. The van der Waals surface area contributed by atoms with Crippen molar-refractivity contribution in [2.24, 2.45) is 5.18 Å². The summed E-state index contributed by atoms with van der Waals surface area (Å²) in [5.41, 5.74) is 2.89. The van der Waals surface area contributed by atoms with Gasteiger partial charge in [0.05, 0.1) is 36.6 Å². The van der Waals surface area contributed by atoms with Crippen molar-refractivity contribution in [1.29, 1.82) is 0 Å². The second kappa shape index (κ2) is 11.0. The van der Waals surface area contributed by atoms with Crippen molar-refractivity contribution in [1.82, 2.24) is 14.9 Å². The van der Waals surface area contributed by atoms with Crippen LogP contribution >= 0.6 is 0 Å². The van der Waals surface area contributed by atoms with E-state index >= 15 is 0 Å². The zero-order valence-corrected chi connectivity index (χ0v) is 16.8. The second-order valence-electron chi connectivity index (χ2n) is 7.68. The SMILES string of the molecule is O=Nc1cc(-c2cnc[nH]2)ccc1NCCCCCCN1CCC(O)CC1CO. The molecule has 2 unspecified atom stereocenters. The molecule has 1 aliphatic rings. The molecule has 2 aromatic rings. The van der Waals surface area contributed by atoms with E-state index in [1.165, 1.54) is 0 Å². The molecular formula is C21H31N5O3. The molecule has 0 spiro atoms. The third-order valence-corrected chi connectivity index (χ3v) is 5.61. The summed E-state index contributed by atoms with van der Waals surface area (Å²) in [6, 6.07) is 5.68. The fourth-order valence-electron chi connectivity index (χ4n) is 3.92. The second-order valence-corrected chi connectivity index (χ2v) is 7.68. The number of benzene rings is 1. The van der Waals surface area contributed by atoms with E-state index in [2.05, 4.69) is 25.4 Å². The summed E-state index contributed by atoms with van der Waals surface area (Å²) in [6.45, 7) is 2.75. The molecular weight excluding hydrogens is 370 g/mol. The number of likely N-dealkylation sites (tertiary alicyclic amines) is 1. The number of rotatable bonds is 11. The number of anilines is 1. The lowest BCUT2D eigenvalue weighted by Gasteiger charge is -2.36. The Morgan fingerprint density at radius 1 is 1.28 bits per heavy atom. The van der Waals surface area contributed by atoms with Crippen molar-refractivity contribution in [3.05, 3.63) is 35.6 Å². The van der Waals surface area contributed by atoms with E-state index < -0.39 is 0 Å². The van der Waals surface area contributed by atoms with Gasteiger partial charge in [0.15, 0.2) is 0 Å². The van der Waals surface area contributed by atoms with Crippen LogP contribution in [0.1, 0.15) is 38.5 Å². The molecule has 0 saturated carbocycles. The average molecular weight is 402 g/mol. The van der Waals surface area contributed by atoms with Crippen LogP contribution in [0.3, 0.4) is 0 Å². The Hall–Kier alpha value is -2.29. The first-order chi connectivity index (χ1) is 14.2. The zero-order chi connectivity index (χ0) is 20.5. The van der Waals surface area contributed by atoms with E-state index in [4.69, 9.17) is 0 Å². The summed E-state index contributed by atoms with van der Waals surface area (Å²) in [5.74, 6) is 0. The van der Waals surface area contributed by atoms with Gasteiger partial charge in [-0.15, -0.1) is 4.91 Å². The van der Waals surface area contributed by atoms with Crippen LogP contribution in [0.15, 0.2) is 35.9 Å². The minimum atomic E-state index is -0.270. The zero-order valence-electron chi connectivity index (χ0n) is 16.8. The molecule has 1 aromatic heterocycles. The molecule has 0 amide bonds. The van der Waals surface area contributed by atoms with E-state index in [1.54, 1.807) is 18.6 Å². The first-order valence-corrected chi connectivity index (χ1v) is 10.4. The number of imidazole rings is 1. The molecule has 8 nitrogen and oxygen atoms in total. The Bertz CT molecular complexity index is 753. The predicted molar refractivity (Wildman–Crippen MR) is 114 cm³/mol. The fraction of sp³-hybridized carbons (Fsp3) is 0.571. The maximum atomic E-state index is 11.2. The quantitative estimate of drug-likeness (QED) is 0.339. The highest BCUT2D eigenvalue weighted by atomic mass is 16.3. The number of piperidine rings is 1. The number of aromatic amines is 1. The standard InChI is InChI=1S/C21H31N5O3/c27-14-17-12-18(28)7-10-26(17)9-4-2-1-3-8-23-19-6-5-16(11-20(19)25-29)21-13-22-15-24-21/h5-6,11,13,15,17-18,23,27-28H,1-4,7-10,12,14H2,(H,22,24). The van der Waals surface area contributed by atoms with Gasteiger partial charge in [-0.3, -0.25) is 4.90 Å². The van der Waals surface area contributed by atoms with Crippen LogP contribution in [0, 0.1) is 4.91 Å². The molecule has 1 saturated heterocycles. The number of nitrogens with one attached hydrogen (secondary N) is 2. The van der Waals surface area contributed by atoms with Gasteiger partial charge in [0.25, 0.3) is 0 Å². The molecule has 0 bridgehead atoms. The number of aromatic nitrogens is 2. The summed E-state index contributed by atoms with van der Waals surface area (Å²) >= 11 is 0. The number of nitroso groups, excluding NO2 is 1. The molecule has 8 heteroatoms. The predicted octanol–water partition coefficient (Wildman–Crippen LogP) is 3.26. The van der Waals surface area contributed by atoms with E-state index in [9.17, 15) is 15.1 Å². The van der Waals surface area contributed by atoms with Gasteiger partial charge in [-0.25, -0.2) is 4.98 Å². The Morgan fingerprint density at radius 2 is 2.14 bits per heavy atom. The first kappa shape index (κ1) is 21.4. The minimum absolute atomic E-state index is 0.0967. The lowest BCUT2D eigenvalue weighted by Crippen LogP contribution is -2.46. The van der Waals surface area contributed by atoms with E-state index in [1.807, 2.05) is 12.1 Å². The van der Waals surface area contributed by atoms with Gasteiger partial charge in [0.1, 0.15) is 5.69 Å². The molecule has 4 N–H and O–H groups in total. The van der Waals surface area contributed by atoms with Gasteiger partial charge in [0, 0.05) is 24.7 Å². The number of aliphatic hydroxyl groups is 2. The third-order valence-electron chi connectivity index (χ3n) is 5.61. The van der Waals surface area contributed by atoms with Crippen molar-refractivity contribution in [3.8, 4) is 11.3 Å². The highest BCUT2D eigenvalue weighted by molar-refractivity contribution is 5.73. The van der Waals surface area contributed by atoms with Gasteiger partial charge in [-0.1, -0.05) is 18.9 Å². The lowest BCUT2D eigenvalue weighted by atomic mass is 9.99. The molecule has 29 heavy (non-hydrogen) atoms. The molecule has 158 valence electrons. The van der Waals surface area contributed by atoms with Crippen LogP contribution in [0.25, 0.3) is 11.3 Å². The smallest absolute Gasteiger partial charge is 0.131 e. The van der Waals surface area contributed by atoms with Crippen LogP contribution in [-0.2, 0) is 0 Å². The Labute approximate surface area is 171 Å². The van der Waals surface area contributed by atoms with Crippen LogP contribution in [0.5, 0.6) is 0 Å². The van der Waals surface area contributed by atoms with Crippen molar-refractivity contribution < 1.29 is 10.2 Å². The molecule has 2 heterocycles. The summed E-state index contributed by atoms with van der Waals surface area (Å²) in [5, 5.41) is 25.7. The molecule has 0 radical (unpaired) electrons. The van der Waals surface area contributed by atoms with Crippen molar-refractivity contribution >= 4 is 11.4 Å². The molecule has 3 rings (SSSR count). The van der Waals surface area contributed by atoms with Crippen LogP contribution in [0.4, 0.5) is 11.4 Å². The number of unbranched alkanes of at least 4 members (excludes halogenated alkanes) is 3. The highest BCUT2D eigenvalue weighted by Gasteiger charge is 2.26. The highest BCUT2D eigenvalue weighted by Crippen LogP contribution is 2.30. The van der Waals surface area contributed by atoms with Crippen LogP contribution in [0.2, 0.25) is 0 Å². The monoisotopic (exact) mass is 401 g/mol. The number of H-pyrrole nitrogens is 1. The number of nitrogens with zero attached hydrogens (tertiary/aromatic N) is 3. The van der Waals surface area contributed by atoms with Crippen LogP contribution in [-0.4, -0.2) is 63.5 Å². The molecule has 2 atom stereocenters. The van der Waals surface area contributed by atoms with Gasteiger partial charge in [0.2, 0.25) is 0 Å². The van der Waals surface area contributed by atoms with E-state index in [0.717, 1.165) is 68.7 Å². The molecule has 1 aliphatic heterocycles. The Kier molecular flexibility index (Phi) is 8.15. The topological polar surface area (TPSA) is 114 Å².